The maximum atomic E-state index is 12.9. The van der Waals surface area contributed by atoms with E-state index >= 15 is 0 Å². The Kier molecular flexibility index (Phi) is 3.23. The van der Waals surface area contributed by atoms with Crippen LogP contribution in [0.3, 0.4) is 0 Å². The Balaban J connectivity index is 1.55. The van der Waals surface area contributed by atoms with Crippen molar-refractivity contribution in [3.8, 4) is 5.75 Å². The van der Waals surface area contributed by atoms with E-state index < -0.39 is 5.60 Å². The van der Waals surface area contributed by atoms with Gasteiger partial charge in [-0.15, -0.1) is 0 Å². The fourth-order valence-electron chi connectivity index (χ4n) is 3.23. The molecule has 2 N–H and O–H groups in total. The molecular weight excluding hydrogens is 296 g/mol. The van der Waals surface area contributed by atoms with Crippen LogP contribution in [0.2, 0.25) is 0 Å². The molecule has 23 heavy (non-hydrogen) atoms. The van der Waals surface area contributed by atoms with Crippen molar-refractivity contribution in [1.29, 1.82) is 0 Å². The lowest BCUT2D eigenvalue weighted by molar-refractivity contribution is 0.0452. The minimum absolute atomic E-state index is 0.101. The molecule has 1 saturated heterocycles. The van der Waals surface area contributed by atoms with Crippen molar-refractivity contribution >= 4 is 11.7 Å². The van der Waals surface area contributed by atoms with Gasteiger partial charge in [-0.1, -0.05) is 12.1 Å². The smallest absolute Gasteiger partial charge is 0.324 e. The lowest BCUT2D eigenvalue weighted by Crippen LogP contribution is -2.47. The van der Waals surface area contributed by atoms with Gasteiger partial charge in [-0.05, 0) is 18.2 Å². The van der Waals surface area contributed by atoms with E-state index in [9.17, 15) is 9.90 Å². The summed E-state index contributed by atoms with van der Waals surface area (Å²) in [5.41, 5.74) is 0.369. The van der Waals surface area contributed by atoms with E-state index in [0.717, 1.165) is 11.4 Å². The van der Waals surface area contributed by atoms with Crippen LogP contribution in [0, 0.1) is 0 Å². The molecule has 2 aliphatic heterocycles. The Morgan fingerprint density at radius 2 is 2.17 bits per heavy atom. The number of aromatic nitrogens is 2. The van der Waals surface area contributed by atoms with Crippen LogP contribution >= 0.6 is 0 Å². The molecule has 0 saturated carbocycles. The van der Waals surface area contributed by atoms with Crippen molar-refractivity contribution in [3.05, 3.63) is 42.2 Å². The van der Waals surface area contributed by atoms with Gasteiger partial charge < -0.3 is 14.7 Å². The van der Waals surface area contributed by atoms with Crippen molar-refractivity contribution < 1.29 is 14.6 Å². The van der Waals surface area contributed by atoms with Gasteiger partial charge in [-0.2, -0.15) is 5.10 Å². The number of carbonyl (C=O) groups is 1. The van der Waals surface area contributed by atoms with Crippen molar-refractivity contribution in [1.82, 2.24) is 15.1 Å². The Morgan fingerprint density at radius 1 is 1.30 bits per heavy atom. The number of rotatable bonds is 1. The molecule has 1 unspecified atom stereocenters. The monoisotopic (exact) mass is 314 g/mol. The van der Waals surface area contributed by atoms with E-state index in [1.54, 1.807) is 22.1 Å². The van der Waals surface area contributed by atoms with E-state index in [1.807, 2.05) is 24.3 Å². The summed E-state index contributed by atoms with van der Waals surface area (Å²) in [6, 6.07) is 9.16. The molecule has 1 aromatic carbocycles. The highest BCUT2D eigenvalue weighted by atomic mass is 16.5. The van der Waals surface area contributed by atoms with E-state index in [4.69, 9.17) is 4.74 Å². The summed E-state index contributed by atoms with van der Waals surface area (Å²) in [7, 11) is 0. The van der Waals surface area contributed by atoms with E-state index in [0.29, 0.717) is 31.8 Å². The minimum Gasteiger partial charge on any atom is -0.490 e. The van der Waals surface area contributed by atoms with E-state index in [1.165, 1.54) is 0 Å². The van der Waals surface area contributed by atoms with Gasteiger partial charge in [0.25, 0.3) is 0 Å². The third kappa shape index (κ3) is 2.33. The second-order valence-corrected chi connectivity index (χ2v) is 5.92. The largest absolute Gasteiger partial charge is 0.490 e. The lowest BCUT2D eigenvalue weighted by atomic mass is 9.99. The number of nitrogens with one attached hydrogen (secondary N) is 1. The zero-order valence-corrected chi connectivity index (χ0v) is 12.6. The minimum atomic E-state index is -1.06. The first-order valence-corrected chi connectivity index (χ1v) is 7.68. The predicted molar refractivity (Wildman–Crippen MR) is 83.4 cm³/mol. The zero-order valence-electron chi connectivity index (χ0n) is 12.6. The summed E-state index contributed by atoms with van der Waals surface area (Å²) in [4.78, 5) is 16.3. The number of para-hydroxylation sites is 2. The quantitative estimate of drug-likeness (QED) is 0.832. The predicted octanol–water partition coefficient (Wildman–Crippen LogP) is 1.32. The van der Waals surface area contributed by atoms with Crippen LogP contribution in [-0.2, 0) is 5.60 Å². The summed E-state index contributed by atoms with van der Waals surface area (Å²) < 4.78 is 5.59. The molecule has 2 amide bonds. The summed E-state index contributed by atoms with van der Waals surface area (Å²) in [6.07, 6.45) is 2.10. The third-order valence-electron chi connectivity index (χ3n) is 4.48. The number of ether oxygens (including phenoxy) is 1. The van der Waals surface area contributed by atoms with Gasteiger partial charge >= 0.3 is 6.03 Å². The van der Waals surface area contributed by atoms with Crippen molar-refractivity contribution in [2.45, 2.75) is 12.0 Å². The maximum Gasteiger partial charge on any atom is 0.324 e. The average Bonchev–Trinajstić information content (AvgIpc) is 3.24. The molecule has 7 heteroatoms. The SMILES string of the molecule is O=C(N1CCC(O)(c2ccn[nH]2)C1)N1CCOc2ccccc21. The van der Waals surface area contributed by atoms with Crippen molar-refractivity contribution in [2.24, 2.45) is 0 Å². The molecule has 120 valence electrons. The standard InChI is InChI=1S/C16H18N4O3/c21-15(20-9-10-23-13-4-2-1-3-12(13)20)19-8-6-16(22,11-19)14-5-7-17-18-14/h1-5,7,22H,6,8-11H2,(H,17,18). The molecule has 0 spiro atoms. The topological polar surface area (TPSA) is 81.7 Å². The highest BCUT2D eigenvalue weighted by molar-refractivity contribution is 5.94. The number of fused-ring (bicyclic) bond motifs is 1. The summed E-state index contributed by atoms with van der Waals surface area (Å²) in [6.45, 7) is 1.75. The van der Waals surface area contributed by atoms with Crippen LogP contribution in [0.1, 0.15) is 12.1 Å². The second-order valence-electron chi connectivity index (χ2n) is 5.92. The van der Waals surface area contributed by atoms with Gasteiger partial charge in [-0.25, -0.2) is 4.79 Å². The summed E-state index contributed by atoms with van der Waals surface area (Å²) in [5, 5.41) is 17.4. The number of likely N-dealkylation sites (tertiary alicyclic amines) is 1. The Bertz CT molecular complexity index is 718. The van der Waals surface area contributed by atoms with Gasteiger partial charge in [0.1, 0.15) is 18.0 Å². The number of nitrogens with zero attached hydrogens (tertiary/aromatic N) is 3. The molecule has 1 aromatic heterocycles. The molecule has 0 bridgehead atoms. The number of carbonyl (C=O) groups excluding carboxylic acids is 1. The first kappa shape index (κ1) is 14.1. The van der Waals surface area contributed by atoms with Gasteiger partial charge in [0.15, 0.2) is 0 Å². The number of benzene rings is 1. The first-order chi connectivity index (χ1) is 11.2. The number of urea groups is 1. The molecule has 2 aromatic rings. The second kappa shape index (κ2) is 5.27. The molecule has 1 fully saturated rings. The number of H-pyrrole nitrogens is 1. The fraction of sp³-hybridized carbons (Fsp3) is 0.375. The van der Waals surface area contributed by atoms with Crippen molar-refractivity contribution in [2.75, 3.05) is 31.1 Å². The van der Waals surface area contributed by atoms with Crippen LogP contribution in [0.25, 0.3) is 0 Å². The number of hydrogen-bond donors (Lipinski definition) is 2. The Hall–Kier alpha value is -2.54. The molecule has 4 rings (SSSR count). The normalized spacial score (nSPS) is 23.5. The molecule has 0 aliphatic carbocycles. The van der Waals surface area contributed by atoms with Gasteiger partial charge in [0.2, 0.25) is 0 Å². The highest BCUT2D eigenvalue weighted by Crippen LogP contribution is 2.35. The number of aliphatic hydroxyl groups is 1. The molecule has 7 nitrogen and oxygen atoms in total. The third-order valence-corrected chi connectivity index (χ3v) is 4.48. The number of β-amino-alcohol motifs (C(OH)–C–C–N with tert-alkyl or cyclic N) is 1. The summed E-state index contributed by atoms with van der Waals surface area (Å²) >= 11 is 0. The Labute approximate surface area is 133 Å². The molecule has 0 radical (unpaired) electrons. The van der Waals surface area contributed by atoms with Crippen LogP contribution in [-0.4, -0.2) is 52.5 Å². The molecule has 1 atom stereocenters. The number of hydrogen-bond acceptors (Lipinski definition) is 4. The molecule has 2 aliphatic rings. The maximum absolute atomic E-state index is 12.9. The number of anilines is 1. The zero-order chi connectivity index (χ0) is 15.9. The molecule has 3 heterocycles. The van der Waals surface area contributed by atoms with Gasteiger partial charge in [-0.3, -0.25) is 10.00 Å². The number of aromatic amines is 1. The number of amides is 2. The van der Waals surface area contributed by atoms with Gasteiger partial charge in [0, 0.05) is 19.2 Å². The lowest BCUT2D eigenvalue weighted by Gasteiger charge is -2.33. The van der Waals surface area contributed by atoms with E-state index in [2.05, 4.69) is 10.2 Å². The van der Waals surface area contributed by atoms with Crippen LogP contribution < -0.4 is 9.64 Å². The summed E-state index contributed by atoms with van der Waals surface area (Å²) in [5.74, 6) is 0.718. The van der Waals surface area contributed by atoms with E-state index in [-0.39, 0.29) is 12.6 Å². The van der Waals surface area contributed by atoms with Crippen LogP contribution in [0.5, 0.6) is 5.75 Å². The Morgan fingerprint density at radius 3 is 3.00 bits per heavy atom. The van der Waals surface area contributed by atoms with Crippen LogP contribution in [0.15, 0.2) is 36.5 Å². The molecular formula is C16H18N4O3. The first-order valence-electron chi connectivity index (χ1n) is 7.68. The average molecular weight is 314 g/mol. The van der Waals surface area contributed by atoms with Gasteiger partial charge in [0.05, 0.1) is 24.5 Å². The fourth-order valence-corrected chi connectivity index (χ4v) is 3.23. The van der Waals surface area contributed by atoms with Crippen molar-refractivity contribution in [3.63, 3.8) is 0 Å². The van der Waals surface area contributed by atoms with Crippen LogP contribution in [0.4, 0.5) is 10.5 Å². The highest BCUT2D eigenvalue weighted by Gasteiger charge is 2.42.